The van der Waals surface area contributed by atoms with Gasteiger partial charge in [0.25, 0.3) is 0 Å². The number of anilines is 1. The minimum Gasteiger partial charge on any atom is -0.461 e. The van der Waals surface area contributed by atoms with E-state index in [0.29, 0.717) is 46.8 Å². The molecule has 4 atom stereocenters. The molecule has 0 radical (unpaired) electrons. The van der Waals surface area contributed by atoms with E-state index in [1.54, 1.807) is 12.3 Å². The fourth-order valence-electron chi connectivity index (χ4n) is 7.63. The summed E-state index contributed by atoms with van der Waals surface area (Å²) in [5, 5.41) is 6.38. The molecule has 2 aromatic heterocycles. The molecule has 1 N–H and O–H groups in total. The summed E-state index contributed by atoms with van der Waals surface area (Å²) in [6.07, 6.45) is 5.36. The molecule has 0 aliphatic carbocycles. The zero-order valence-corrected chi connectivity index (χ0v) is 23.4. The molecule has 41 heavy (non-hydrogen) atoms. The Labute approximate surface area is 241 Å². The van der Waals surface area contributed by atoms with Crippen molar-refractivity contribution in [3.8, 4) is 17.3 Å². The number of pyridine rings is 1. The zero-order valence-electron chi connectivity index (χ0n) is 22.6. The summed E-state index contributed by atoms with van der Waals surface area (Å²) in [7, 11) is 0. The number of hydrogen-bond acceptors (Lipinski definition) is 7. The normalized spacial score (nSPS) is 27.7. The molecule has 6 heterocycles. The van der Waals surface area contributed by atoms with E-state index in [4.69, 9.17) is 21.3 Å². The quantitative estimate of drug-likeness (QED) is 0.335. The maximum Gasteiger partial charge on any atom is 0.319 e. The van der Waals surface area contributed by atoms with Crippen molar-refractivity contribution in [1.82, 2.24) is 25.2 Å². The Morgan fingerprint density at radius 1 is 1.07 bits per heavy atom. The van der Waals surface area contributed by atoms with Gasteiger partial charge >= 0.3 is 6.01 Å². The number of alkyl halides is 1. The van der Waals surface area contributed by atoms with Crippen LogP contribution in [0.25, 0.3) is 32.9 Å². The first-order chi connectivity index (χ1) is 20.0. The van der Waals surface area contributed by atoms with Crippen LogP contribution >= 0.6 is 11.6 Å². The second-order valence-electron chi connectivity index (χ2n) is 12.1. The molecule has 2 bridgehead atoms. The molecule has 10 heteroatoms. The predicted octanol–water partition coefficient (Wildman–Crippen LogP) is 5.53. The molecule has 2 unspecified atom stereocenters. The third-order valence-electron chi connectivity index (χ3n) is 9.50. The van der Waals surface area contributed by atoms with Crippen LogP contribution in [0.1, 0.15) is 32.1 Å². The van der Waals surface area contributed by atoms with Gasteiger partial charge in [-0.05, 0) is 43.7 Å². The lowest BCUT2D eigenvalue weighted by Crippen LogP contribution is -2.51. The van der Waals surface area contributed by atoms with Crippen molar-refractivity contribution < 1.29 is 13.5 Å². The Kier molecular flexibility index (Phi) is 6.05. The summed E-state index contributed by atoms with van der Waals surface area (Å²) in [5.41, 5.74) is 0.605. The molecule has 4 aliphatic heterocycles. The molecule has 7 nitrogen and oxygen atoms in total. The molecular formula is C31H31ClF2N6O. The van der Waals surface area contributed by atoms with Crippen LogP contribution < -0.4 is 15.0 Å². The molecule has 4 aromatic rings. The third-order valence-corrected chi connectivity index (χ3v) is 9.81. The highest BCUT2D eigenvalue weighted by atomic mass is 35.5. The van der Waals surface area contributed by atoms with Crippen molar-refractivity contribution in [1.29, 1.82) is 0 Å². The fraction of sp³-hybridized carbons (Fsp3) is 0.452. The lowest BCUT2D eigenvalue weighted by molar-refractivity contribution is 0.107. The molecule has 212 valence electrons. The van der Waals surface area contributed by atoms with E-state index in [0.717, 1.165) is 56.1 Å². The summed E-state index contributed by atoms with van der Waals surface area (Å²) >= 11 is 6.59. The number of halogens is 3. The van der Waals surface area contributed by atoms with E-state index in [1.807, 2.05) is 30.3 Å². The second-order valence-corrected chi connectivity index (χ2v) is 12.5. The Bertz CT molecular complexity index is 1650. The van der Waals surface area contributed by atoms with Crippen molar-refractivity contribution in [3.05, 3.63) is 53.4 Å². The van der Waals surface area contributed by atoms with E-state index < -0.39 is 12.0 Å². The smallest absolute Gasteiger partial charge is 0.319 e. The minimum atomic E-state index is -0.859. The van der Waals surface area contributed by atoms with Crippen LogP contribution in [0.2, 0.25) is 5.02 Å². The average molecular weight is 577 g/mol. The highest BCUT2D eigenvalue weighted by Crippen LogP contribution is 2.41. The highest BCUT2D eigenvalue weighted by molar-refractivity contribution is 6.36. The van der Waals surface area contributed by atoms with E-state index in [2.05, 4.69) is 25.1 Å². The number of hydrogen-bond donors (Lipinski definition) is 1. The van der Waals surface area contributed by atoms with Crippen LogP contribution in [0.3, 0.4) is 0 Å². The lowest BCUT2D eigenvalue weighted by Gasteiger charge is -2.34. The average Bonchev–Trinajstić information content (AvgIpc) is 3.62. The third kappa shape index (κ3) is 4.23. The van der Waals surface area contributed by atoms with Crippen LogP contribution in [-0.2, 0) is 0 Å². The summed E-state index contributed by atoms with van der Waals surface area (Å²) in [6.45, 7) is 3.13. The summed E-state index contributed by atoms with van der Waals surface area (Å²) in [4.78, 5) is 18.5. The molecule has 0 spiro atoms. The molecule has 4 fully saturated rings. The molecule has 0 saturated carbocycles. The van der Waals surface area contributed by atoms with Crippen molar-refractivity contribution >= 4 is 39.1 Å². The summed E-state index contributed by atoms with van der Waals surface area (Å²) < 4.78 is 37.2. The number of fused-ring (bicyclic) bond motifs is 5. The van der Waals surface area contributed by atoms with Crippen LogP contribution in [0, 0.1) is 5.82 Å². The van der Waals surface area contributed by atoms with Gasteiger partial charge in [0.15, 0.2) is 5.82 Å². The van der Waals surface area contributed by atoms with Gasteiger partial charge in [-0.15, -0.1) is 0 Å². The number of benzene rings is 2. The zero-order chi connectivity index (χ0) is 27.7. The number of rotatable bonds is 5. The number of aromatic nitrogens is 3. The first kappa shape index (κ1) is 25.6. The van der Waals surface area contributed by atoms with Gasteiger partial charge in [0.1, 0.15) is 29.8 Å². The Morgan fingerprint density at radius 3 is 2.71 bits per heavy atom. The molecule has 4 saturated heterocycles. The number of ether oxygens (including phenoxy) is 1. The van der Waals surface area contributed by atoms with Gasteiger partial charge in [0.05, 0.1) is 10.9 Å². The maximum atomic E-state index is 16.6. The minimum absolute atomic E-state index is 0.119. The number of nitrogens with zero attached hydrogens (tertiary/aromatic N) is 5. The van der Waals surface area contributed by atoms with Crippen molar-refractivity contribution in [3.63, 3.8) is 0 Å². The first-order valence-corrected chi connectivity index (χ1v) is 14.9. The summed E-state index contributed by atoms with van der Waals surface area (Å²) in [6, 6.07) is 12.1. The van der Waals surface area contributed by atoms with Crippen molar-refractivity contribution in [2.45, 2.75) is 55.9 Å². The topological polar surface area (TPSA) is 66.4 Å². The predicted molar refractivity (Wildman–Crippen MR) is 156 cm³/mol. The maximum absolute atomic E-state index is 16.6. The standard InChI is InChI=1S/C31H31ClF2N6O/c32-24-7-2-5-18-4-1-6-22(25(18)24)27-26(34)28-23(13-35-27)29(39-15-20-8-9-21(16-39)36-20)38-30(37-28)41-17-31-10-3-11-40(31)14-19(33)12-31/h1-2,4-7,13,19-21,36H,3,8-12,14-17H2/t19-,20?,21?,31-/m1/s1. The molecule has 4 aliphatic rings. The largest absolute Gasteiger partial charge is 0.461 e. The van der Waals surface area contributed by atoms with Crippen LogP contribution in [0.4, 0.5) is 14.6 Å². The highest BCUT2D eigenvalue weighted by Gasteiger charge is 2.49. The molecule has 8 rings (SSSR count). The lowest BCUT2D eigenvalue weighted by atomic mass is 9.95. The van der Waals surface area contributed by atoms with Gasteiger partial charge in [-0.1, -0.05) is 41.9 Å². The van der Waals surface area contributed by atoms with Gasteiger partial charge in [0.2, 0.25) is 0 Å². The fourth-order valence-corrected chi connectivity index (χ4v) is 7.91. The van der Waals surface area contributed by atoms with E-state index in [9.17, 15) is 4.39 Å². The van der Waals surface area contributed by atoms with E-state index in [1.165, 1.54) is 0 Å². The first-order valence-electron chi connectivity index (χ1n) is 14.5. The van der Waals surface area contributed by atoms with Crippen molar-refractivity contribution in [2.24, 2.45) is 0 Å². The van der Waals surface area contributed by atoms with Crippen LogP contribution in [0.15, 0.2) is 42.6 Å². The molecule has 0 amide bonds. The van der Waals surface area contributed by atoms with E-state index >= 15 is 4.39 Å². The molecule has 2 aromatic carbocycles. The van der Waals surface area contributed by atoms with Gasteiger partial charge < -0.3 is 15.0 Å². The van der Waals surface area contributed by atoms with Crippen LogP contribution in [-0.4, -0.2) is 76.4 Å². The van der Waals surface area contributed by atoms with E-state index in [-0.39, 0.29) is 29.4 Å². The Morgan fingerprint density at radius 2 is 1.88 bits per heavy atom. The Hall–Kier alpha value is -3.14. The monoisotopic (exact) mass is 576 g/mol. The van der Waals surface area contributed by atoms with Crippen LogP contribution in [0.5, 0.6) is 6.01 Å². The van der Waals surface area contributed by atoms with Gasteiger partial charge in [0, 0.05) is 60.3 Å². The SMILES string of the molecule is Fc1c(-c2cccc3cccc(Cl)c23)ncc2c(N3CC4CCC(C3)N4)nc(OC[C@]34CCCN3C[C@H](F)C4)nc12. The summed E-state index contributed by atoms with van der Waals surface area (Å²) in [5.74, 6) is 0.0970. The number of nitrogens with one attached hydrogen (secondary N) is 1. The second kappa shape index (κ2) is 9.71. The number of piperazine rings is 1. The van der Waals surface area contributed by atoms with Crippen molar-refractivity contribution in [2.75, 3.05) is 37.7 Å². The molecular weight excluding hydrogens is 546 g/mol. The van der Waals surface area contributed by atoms with Gasteiger partial charge in [-0.25, -0.2) is 8.78 Å². The van der Waals surface area contributed by atoms with Gasteiger partial charge in [-0.3, -0.25) is 9.88 Å². The van der Waals surface area contributed by atoms with Gasteiger partial charge in [-0.2, -0.15) is 9.97 Å². The Balaban J connectivity index is 1.25.